The van der Waals surface area contributed by atoms with E-state index in [1.165, 1.54) is 15.9 Å². The molecule has 3 fully saturated rings. The second kappa shape index (κ2) is 7.56. The maximum atomic E-state index is 14.7. The van der Waals surface area contributed by atoms with Gasteiger partial charge in [0.1, 0.15) is 10.5 Å². The van der Waals surface area contributed by atoms with E-state index in [4.69, 9.17) is 0 Å². The van der Waals surface area contributed by atoms with Gasteiger partial charge in [-0.15, -0.1) is 10.2 Å². The van der Waals surface area contributed by atoms with E-state index in [0.717, 1.165) is 29.7 Å². The van der Waals surface area contributed by atoms with E-state index in [1.807, 2.05) is 30.3 Å². The fourth-order valence-electron chi connectivity index (χ4n) is 4.56. The average molecular weight is 483 g/mol. The number of phenols is 1. The molecule has 7 nitrogen and oxygen atoms in total. The molecule has 3 aromatic rings. The third-order valence-corrected chi connectivity index (χ3v) is 7.68. The molecule has 2 aliphatic carbocycles. The Labute approximate surface area is 197 Å². The Morgan fingerprint density at radius 3 is 2.47 bits per heavy atom. The van der Waals surface area contributed by atoms with Crippen LogP contribution >= 0.6 is 11.3 Å². The summed E-state index contributed by atoms with van der Waals surface area (Å²) in [7, 11) is 0. The second-order valence-electron chi connectivity index (χ2n) is 9.04. The third-order valence-electron chi connectivity index (χ3n) is 6.74. The highest BCUT2D eigenvalue weighted by atomic mass is 32.1. The van der Waals surface area contributed by atoms with Crippen LogP contribution in [0, 0.1) is 11.6 Å². The zero-order chi connectivity index (χ0) is 23.6. The number of imide groups is 1. The van der Waals surface area contributed by atoms with E-state index < -0.39 is 22.9 Å². The van der Waals surface area contributed by atoms with Crippen molar-refractivity contribution in [2.24, 2.45) is 0 Å². The van der Waals surface area contributed by atoms with Gasteiger partial charge in [-0.3, -0.25) is 9.69 Å². The first-order valence-corrected chi connectivity index (χ1v) is 11.9. The van der Waals surface area contributed by atoms with E-state index in [1.54, 1.807) is 0 Å². The first kappa shape index (κ1) is 21.2. The quantitative estimate of drug-likeness (QED) is 0.521. The molecule has 2 aromatic carbocycles. The van der Waals surface area contributed by atoms with Crippen molar-refractivity contribution in [3.8, 4) is 16.3 Å². The Morgan fingerprint density at radius 1 is 1.06 bits per heavy atom. The molecule has 1 spiro atoms. The monoisotopic (exact) mass is 482 g/mol. The van der Waals surface area contributed by atoms with Gasteiger partial charge in [0.2, 0.25) is 0 Å². The van der Waals surface area contributed by atoms with Gasteiger partial charge >= 0.3 is 6.03 Å². The van der Waals surface area contributed by atoms with Gasteiger partial charge in [-0.05, 0) is 48.8 Å². The highest BCUT2D eigenvalue weighted by Gasteiger charge is 2.64. The summed E-state index contributed by atoms with van der Waals surface area (Å²) in [4.78, 5) is 29.0. The molecule has 10 heteroatoms. The predicted octanol–water partition coefficient (Wildman–Crippen LogP) is 4.56. The summed E-state index contributed by atoms with van der Waals surface area (Å²) in [6.07, 6.45) is 2.74. The first-order chi connectivity index (χ1) is 16.4. The molecule has 0 unspecified atom stereocenters. The minimum Gasteiger partial charge on any atom is -0.503 e. The number of nitrogens with zero attached hydrogens (tertiary/aromatic N) is 4. The molecule has 1 saturated heterocycles. The third kappa shape index (κ3) is 3.27. The smallest absolute Gasteiger partial charge is 0.328 e. The Balaban J connectivity index is 1.26. The number of urea groups is 1. The number of halogens is 2. The van der Waals surface area contributed by atoms with Crippen LogP contribution in [-0.4, -0.2) is 42.6 Å². The number of carbonyl (C=O) groups is 2. The molecule has 3 aliphatic rings. The fourth-order valence-corrected chi connectivity index (χ4v) is 5.40. The lowest BCUT2D eigenvalue weighted by atomic mass is 10.0. The van der Waals surface area contributed by atoms with Crippen LogP contribution in [0.5, 0.6) is 5.75 Å². The normalized spacial score (nSPS) is 18.9. The molecule has 34 heavy (non-hydrogen) atoms. The van der Waals surface area contributed by atoms with Gasteiger partial charge in [0.25, 0.3) is 5.91 Å². The molecular weight excluding hydrogens is 462 g/mol. The summed E-state index contributed by atoms with van der Waals surface area (Å²) < 4.78 is 29.0. The SMILES string of the molecule is O=C1N(Cc2ccccc2)C(=O)C2(CC2)N1Cc1nnc(-c2cc(C3CC3)c(F)c(O)c2F)s1. The summed E-state index contributed by atoms with van der Waals surface area (Å²) in [5, 5.41) is 18.7. The summed E-state index contributed by atoms with van der Waals surface area (Å²) in [5.41, 5.74) is 0.272. The predicted molar refractivity (Wildman–Crippen MR) is 119 cm³/mol. The number of rotatable bonds is 6. The van der Waals surface area contributed by atoms with Crippen molar-refractivity contribution in [1.82, 2.24) is 20.0 Å². The minimum absolute atomic E-state index is 0.0137. The molecule has 0 atom stereocenters. The Morgan fingerprint density at radius 2 is 1.79 bits per heavy atom. The number of amides is 3. The average Bonchev–Trinajstić information content (AvgIpc) is 3.77. The molecule has 1 N–H and O–H groups in total. The lowest BCUT2D eigenvalue weighted by Gasteiger charge is -2.19. The lowest BCUT2D eigenvalue weighted by Crippen LogP contribution is -2.36. The summed E-state index contributed by atoms with van der Waals surface area (Å²) >= 11 is 1.06. The molecule has 3 amide bonds. The van der Waals surface area contributed by atoms with Crippen molar-refractivity contribution in [2.75, 3.05) is 0 Å². The van der Waals surface area contributed by atoms with Crippen molar-refractivity contribution >= 4 is 23.3 Å². The number of aromatic nitrogens is 2. The maximum Gasteiger partial charge on any atom is 0.328 e. The van der Waals surface area contributed by atoms with Crippen LogP contribution in [0.2, 0.25) is 0 Å². The summed E-state index contributed by atoms with van der Waals surface area (Å²) in [5.74, 6) is -3.26. The Hall–Kier alpha value is -3.40. The minimum atomic E-state index is -1.08. The number of phenolic OH excluding ortho intramolecular Hbond substituents is 1. The standard InChI is InChI=1S/C24H20F2N4O3S/c25-18-15(14-6-7-14)10-16(19(26)20(18)31)21-28-27-17(34-21)12-30-23(33)29(22(32)24(30)8-9-24)11-13-4-2-1-3-5-13/h1-5,10,14,31H,6-9,11-12H2. The van der Waals surface area contributed by atoms with Gasteiger partial charge in [0.05, 0.1) is 18.7 Å². The lowest BCUT2D eigenvalue weighted by molar-refractivity contribution is -0.129. The van der Waals surface area contributed by atoms with Gasteiger partial charge < -0.3 is 10.0 Å². The number of aromatic hydroxyl groups is 1. The number of hydrogen-bond donors (Lipinski definition) is 1. The maximum absolute atomic E-state index is 14.7. The van der Waals surface area contributed by atoms with Gasteiger partial charge in [-0.2, -0.15) is 0 Å². The van der Waals surface area contributed by atoms with Crippen molar-refractivity contribution in [2.45, 2.75) is 50.2 Å². The molecule has 2 saturated carbocycles. The molecule has 6 rings (SSSR count). The zero-order valence-electron chi connectivity index (χ0n) is 18.0. The second-order valence-corrected chi connectivity index (χ2v) is 10.1. The van der Waals surface area contributed by atoms with Crippen LogP contribution in [-0.2, 0) is 17.9 Å². The van der Waals surface area contributed by atoms with Crippen LogP contribution in [0.15, 0.2) is 36.4 Å². The molecular formula is C24H20F2N4O3S. The van der Waals surface area contributed by atoms with E-state index in [9.17, 15) is 23.5 Å². The largest absolute Gasteiger partial charge is 0.503 e. The number of carbonyl (C=O) groups excluding carboxylic acids is 2. The Bertz CT molecular complexity index is 1320. The van der Waals surface area contributed by atoms with Crippen molar-refractivity contribution in [3.63, 3.8) is 0 Å². The molecule has 0 radical (unpaired) electrons. The first-order valence-electron chi connectivity index (χ1n) is 11.1. The molecule has 2 heterocycles. The summed E-state index contributed by atoms with van der Waals surface area (Å²) in [6.45, 7) is 0.264. The van der Waals surface area contributed by atoms with Gasteiger partial charge in [0, 0.05) is 0 Å². The van der Waals surface area contributed by atoms with E-state index in [0.29, 0.717) is 17.8 Å². The van der Waals surface area contributed by atoms with Crippen molar-refractivity contribution in [3.05, 3.63) is 64.2 Å². The van der Waals surface area contributed by atoms with E-state index >= 15 is 0 Å². The highest BCUT2D eigenvalue weighted by molar-refractivity contribution is 7.14. The van der Waals surface area contributed by atoms with Gasteiger partial charge in [-0.25, -0.2) is 13.6 Å². The van der Waals surface area contributed by atoms with E-state index in [2.05, 4.69) is 10.2 Å². The van der Waals surface area contributed by atoms with E-state index in [-0.39, 0.29) is 47.1 Å². The van der Waals surface area contributed by atoms with Crippen LogP contribution in [0.4, 0.5) is 13.6 Å². The zero-order valence-corrected chi connectivity index (χ0v) is 18.8. The van der Waals surface area contributed by atoms with Crippen LogP contribution in [0.3, 0.4) is 0 Å². The molecule has 174 valence electrons. The van der Waals surface area contributed by atoms with Gasteiger partial charge in [-0.1, -0.05) is 41.7 Å². The van der Waals surface area contributed by atoms with Crippen molar-refractivity contribution < 1.29 is 23.5 Å². The van der Waals surface area contributed by atoms with Crippen LogP contribution < -0.4 is 0 Å². The van der Waals surface area contributed by atoms with Crippen LogP contribution in [0.25, 0.3) is 10.6 Å². The summed E-state index contributed by atoms with van der Waals surface area (Å²) in [6, 6.07) is 10.3. The Kier molecular flexibility index (Phi) is 4.70. The molecule has 1 aliphatic heterocycles. The van der Waals surface area contributed by atoms with Crippen molar-refractivity contribution in [1.29, 1.82) is 0 Å². The molecule has 0 bridgehead atoms. The van der Waals surface area contributed by atoms with Crippen LogP contribution in [0.1, 0.15) is 47.7 Å². The highest BCUT2D eigenvalue weighted by Crippen LogP contribution is 2.50. The van der Waals surface area contributed by atoms with Gasteiger partial charge in [0.15, 0.2) is 22.4 Å². The molecule has 1 aromatic heterocycles. The number of benzene rings is 2. The number of hydrogen-bond acceptors (Lipinski definition) is 6. The fraction of sp³-hybridized carbons (Fsp3) is 0.333. The topological polar surface area (TPSA) is 86.6 Å².